The molecule has 8 heteroatoms. The molecule has 0 aliphatic carbocycles. The number of hydrogen-bond donors (Lipinski definition) is 1. The van der Waals surface area contributed by atoms with E-state index in [9.17, 15) is 22.4 Å². The molecule has 28 heavy (non-hydrogen) atoms. The van der Waals surface area contributed by atoms with Crippen LogP contribution in [0.1, 0.15) is 39.3 Å². The van der Waals surface area contributed by atoms with Crippen molar-refractivity contribution in [2.24, 2.45) is 0 Å². The highest BCUT2D eigenvalue weighted by atomic mass is 32.1. The minimum atomic E-state index is -4.46. The zero-order chi connectivity index (χ0) is 20.5. The quantitative estimate of drug-likeness (QED) is 0.547. The van der Waals surface area contributed by atoms with Gasteiger partial charge in [0.25, 0.3) is 5.91 Å². The lowest BCUT2D eigenvalue weighted by Gasteiger charge is -2.16. The predicted molar refractivity (Wildman–Crippen MR) is 99.8 cm³/mol. The summed E-state index contributed by atoms with van der Waals surface area (Å²) in [5, 5.41) is 3.02. The highest BCUT2D eigenvalue weighted by molar-refractivity contribution is 7.21. The van der Waals surface area contributed by atoms with Crippen molar-refractivity contribution in [3.05, 3.63) is 69.8 Å². The van der Waals surface area contributed by atoms with E-state index in [4.69, 9.17) is 4.74 Å². The fourth-order valence-corrected chi connectivity index (χ4v) is 4.09. The van der Waals surface area contributed by atoms with Gasteiger partial charge in [0.2, 0.25) is 0 Å². The number of ether oxygens (including phenoxy) is 1. The van der Waals surface area contributed by atoms with Crippen molar-refractivity contribution >= 4 is 27.3 Å². The first-order valence-electron chi connectivity index (χ1n) is 8.39. The number of rotatable bonds is 5. The van der Waals surface area contributed by atoms with Crippen LogP contribution in [0.25, 0.3) is 10.1 Å². The molecule has 1 unspecified atom stereocenters. The number of thiophene rings is 1. The van der Waals surface area contributed by atoms with E-state index in [0.29, 0.717) is 21.2 Å². The van der Waals surface area contributed by atoms with E-state index >= 15 is 0 Å². The Balaban J connectivity index is 1.91. The maximum absolute atomic E-state index is 14.2. The Morgan fingerprint density at radius 3 is 2.61 bits per heavy atom. The molecule has 0 saturated carbocycles. The average Bonchev–Trinajstić information content (AvgIpc) is 3.01. The van der Waals surface area contributed by atoms with Crippen molar-refractivity contribution in [3.8, 4) is 0 Å². The number of fused-ring (bicyclic) bond motifs is 1. The second-order valence-corrected chi connectivity index (χ2v) is 7.33. The molecule has 2 aromatic carbocycles. The summed E-state index contributed by atoms with van der Waals surface area (Å²) >= 11 is 1.12. The number of alkyl halides is 3. The molecule has 3 rings (SSSR count). The molecule has 3 aromatic rings. The summed E-state index contributed by atoms with van der Waals surface area (Å²) in [5.74, 6) is -0.941. The van der Waals surface area contributed by atoms with E-state index in [-0.39, 0.29) is 11.5 Å². The molecule has 3 nitrogen and oxygen atoms in total. The summed E-state index contributed by atoms with van der Waals surface area (Å²) in [5.41, 5.74) is -0.0341. The molecule has 0 radical (unpaired) electrons. The number of methoxy groups -OCH3 is 1. The molecular formula is C20H17F4NO2S. The van der Waals surface area contributed by atoms with Crippen molar-refractivity contribution in [1.29, 1.82) is 0 Å². The first-order valence-corrected chi connectivity index (χ1v) is 9.21. The molecule has 0 aliphatic heterocycles. The standard InChI is InChI=1S/C20H17F4NO2S/c1-11(12-5-3-6-13(9-12)20(22,23)24)25-19(26)18-14(10-27-2)17-15(21)7-4-8-16(17)28-18/h3-9,11H,10H2,1-2H3,(H,25,26). The van der Waals surface area contributed by atoms with E-state index in [2.05, 4.69) is 5.32 Å². The van der Waals surface area contributed by atoms with Crippen molar-refractivity contribution in [2.75, 3.05) is 7.11 Å². The third-order valence-corrected chi connectivity index (χ3v) is 5.52. The topological polar surface area (TPSA) is 38.3 Å². The van der Waals surface area contributed by atoms with Crippen LogP contribution in [-0.4, -0.2) is 13.0 Å². The van der Waals surface area contributed by atoms with Gasteiger partial charge in [0.1, 0.15) is 5.82 Å². The Kier molecular flexibility index (Phi) is 5.71. The Bertz CT molecular complexity index is 1010. The highest BCUT2D eigenvalue weighted by Gasteiger charge is 2.31. The van der Waals surface area contributed by atoms with E-state index in [1.54, 1.807) is 19.1 Å². The Hall–Kier alpha value is -2.45. The third-order valence-electron chi connectivity index (χ3n) is 4.32. The zero-order valence-corrected chi connectivity index (χ0v) is 15.9. The first kappa shape index (κ1) is 20.3. The Morgan fingerprint density at radius 2 is 1.93 bits per heavy atom. The number of amides is 1. The SMILES string of the molecule is COCc1c(C(=O)NC(C)c2cccc(C(F)(F)F)c2)sc2cccc(F)c12. The summed E-state index contributed by atoms with van der Waals surface area (Å²) < 4.78 is 58.7. The molecule has 1 atom stereocenters. The van der Waals surface area contributed by atoms with E-state index in [1.165, 1.54) is 25.3 Å². The third kappa shape index (κ3) is 4.02. The largest absolute Gasteiger partial charge is 0.416 e. The summed E-state index contributed by atoms with van der Waals surface area (Å²) in [7, 11) is 1.44. The van der Waals surface area contributed by atoms with Crippen LogP contribution in [-0.2, 0) is 17.5 Å². The van der Waals surface area contributed by atoms with Gasteiger partial charge >= 0.3 is 6.18 Å². The first-order chi connectivity index (χ1) is 13.2. The van der Waals surface area contributed by atoms with Crippen molar-refractivity contribution in [1.82, 2.24) is 5.32 Å². The number of carbonyl (C=O) groups excluding carboxylic acids is 1. The van der Waals surface area contributed by atoms with E-state index < -0.39 is 29.5 Å². The minimum Gasteiger partial charge on any atom is -0.380 e. The maximum atomic E-state index is 14.2. The summed E-state index contributed by atoms with van der Waals surface area (Å²) in [6.45, 7) is 1.64. The number of hydrogen-bond acceptors (Lipinski definition) is 3. The molecular weight excluding hydrogens is 394 g/mol. The van der Waals surface area contributed by atoms with Gasteiger partial charge in [0.15, 0.2) is 0 Å². The Morgan fingerprint density at radius 1 is 1.21 bits per heavy atom. The summed E-state index contributed by atoms with van der Waals surface area (Å²) in [4.78, 5) is 13.1. The molecule has 1 amide bonds. The Labute approximate surface area is 162 Å². The molecule has 0 aliphatic rings. The monoisotopic (exact) mass is 411 g/mol. The van der Waals surface area contributed by atoms with Crippen molar-refractivity contribution in [2.45, 2.75) is 25.7 Å². The van der Waals surface area contributed by atoms with Crippen LogP contribution in [0.5, 0.6) is 0 Å². The normalized spacial score (nSPS) is 12.9. The number of halogens is 4. The second-order valence-electron chi connectivity index (χ2n) is 6.27. The second kappa shape index (κ2) is 7.89. The molecule has 0 fully saturated rings. The van der Waals surface area contributed by atoms with Gasteiger partial charge in [-0.25, -0.2) is 4.39 Å². The van der Waals surface area contributed by atoms with Gasteiger partial charge in [-0.1, -0.05) is 18.2 Å². The summed E-state index contributed by atoms with van der Waals surface area (Å²) in [6, 6.07) is 8.69. The summed E-state index contributed by atoms with van der Waals surface area (Å²) in [6.07, 6.45) is -4.46. The molecule has 148 valence electrons. The highest BCUT2D eigenvalue weighted by Crippen LogP contribution is 2.34. The van der Waals surface area contributed by atoms with Crippen LogP contribution in [0.2, 0.25) is 0 Å². The van der Waals surface area contributed by atoms with Gasteiger partial charge in [-0.3, -0.25) is 4.79 Å². The van der Waals surface area contributed by atoms with Gasteiger partial charge in [0, 0.05) is 22.8 Å². The van der Waals surface area contributed by atoms with Gasteiger partial charge in [-0.05, 0) is 36.8 Å². The molecule has 1 heterocycles. The lowest BCUT2D eigenvalue weighted by atomic mass is 10.0. The molecule has 0 bridgehead atoms. The van der Waals surface area contributed by atoms with Crippen LogP contribution in [0, 0.1) is 5.82 Å². The average molecular weight is 411 g/mol. The predicted octanol–water partition coefficient (Wildman–Crippen LogP) is 5.70. The van der Waals surface area contributed by atoms with Crippen LogP contribution >= 0.6 is 11.3 Å². The van der Waals surface area contributed by atoms with Gasteiger partial charge < -0.3 is 10.1 Å². The fraction of sp³-hybridized carbons (Fsp3) is 0.250. The molecule has 1 aromatic heterocycles. The number of benzene rings is 2. The molecule has 0 saturated heterocycles. The fourth-order valence-electron chi connectivity index (χ4n) is 2.96. The van der Waals surface area contributed by atoms with Crippen LogP contribution in [0.15, 0.2) is 42.5 Å². The number of carbonyl (C=O) groups is 1. The van der Waals surface area contributed by atoms with Crippen LogP contribution in [0.4, 0.5) is 17.6 Å². The van der Waals surface area contributed by atoms with Crippen molar-refractivity contribution < 1.29 is 27.1 Å². The van der Waals surface area contributed by atoms with Gasteiger partial charge in [0.05, 0.1) is 23.1 Å². The molecule has 1 N–H and O–H groups in total. The van der Waals surface area contributed by atoms with E-state index in [1.807, 2.05) is 0 Å². The van der Waals surface area contributed by atoms with Gasteiger partial charge in [-0.2, -0.15) is 13.2 Å². The smallest absolute Gasteiger partial charge is 0.380 e. The number of nitrogens with one attached hydrogen (secondary N) is 1. The lowest BCUT2D eigenvalue weighted by molar-refractivity contribution is -0.137. The van der Waals surface area contributed by atoms with Crippen molar-refractivity contribution in [3.63, 3.8) is 0 Å². The van der Waals surface area contributed by atoms with Gasteiger partial charge in [-0.15, -0.1) is 11.3 Å². The van der Waals surface area contributed by atoms with Crippen LogP contribution < -0.4 is 5.32 Å². The maximum Gasteiger partial charge on any atom is 0.416 e. The lowest BCUT2D eigenvalue weighted by Crippen LogP contribution is -2.27. The van der Waals surface area contributed by atoms with Crippen LogP contribution in [0.3, 0.4) is 0 Å². The molecule has 0 spiro atoms. The minimum absolute atomic E-state index is 0.0433. The zero-order valence-electron chi connectivity index (χ0n) is 15.1. The van der Waals surface area contributed by atoms with E-state index in [0.717, 1.165) is 23.5 Å².